The van der Waals surface area contributed by atoms with Gasteiger partial charge in [-0.25, -0.2) is 0 Å². The van der Waals surface area contributed by atoms with Crippen molar-refractivity contribution in [2.24, 2.45) is 0 Å². The van der Waals surface area contributed by atoms with Gasteiger partial charge in [0.1, 0.15) is 5.75 Å². The molecule has 0 saturated heterocycles. The molecule has 0 aliphatic rings. The molecule has 0 amide bonds. The highest BCUT2D eigenvalue weighted by Gasteiger charge is 2.08. The molecule has 2 aromatic heterocycles. The second-order valence-electron chi connectivity index (χ2n) is 5.77. The third-order valence-corrected chi connectivity index (χ3v) is 4.01. The van der Waals surface area contributed by atoms with E-state index in [0.29, 0.717) is 24.9 Å². The Labute approximate surface area is 146 Å². The van der Waals surface area contributed by atoms with Gasteiger partial charge in [-0.05, 0) is 30.2 Å². The summed E-state index contributed by atoms with van der Waals surface area (Å²) in [6.07, 6.45) is 8.29. The van der Waals surface area contributed by atoms with Gasteiger partial charge < -0.3 is 9.67 Å². The third-order valence-electron chi connectivity index (χ3n) is 4.01. The van der Waals surface area contributed by atoms with Gasteiger partial charge in [0.05, 0.1) is 5.56 Å². The topological polar surface area (TPSA) is 55.1 Å². The second-order valence-corrected chi connectivity index (χ2v) is 5.77. The van der Waals surface area contributed by atoms with E-state index in [1.54, 1.807) is 23.0 Å². The van der Waals surface area contributed by atoms with E-state index in [1.807, 2.05) is 60.7 Å². The van der Waals surface area contributed by atoms with E-state index in [9.17, 15) is 9.90 Å². The number of aromatic hydroxyl groups is 1. The van der Waals surface area contributed by atoms with Crippen LogP contribution in [0.1, 0.15) is 16.8 Å². The normalized spacial score (nSPS) is 11.0. The molecule has 1 aromatic carbocycles. The predicted molar refractivity (Wildman–Crippen MR) is 99.5 cm³/mol. The summed E-state index contributed by atoms with van der Waals surface area (Å²) in [5, 5.41) is 10.0. The van der Waals surface area contributed by atoms with Crippen LogP contribution in [-0.4, -0.2) is 14.7 Å². The molecule has 0 saturated carbocycles. The Bertz CT molecular complexity index is 900. The summed E-state index contributed by atoms with van der Waals surface area (Å²) in [5.41, 5.74) is 2.26. The number of pyridine rings is 2. The maximum Gasteiger partial charge on any atom is 0.257 e. The first-order valence-corrected chi connectivity index (χ1v) is 8.27. The molecule has 2 heterocycles. The molecular weight excluding hydrogens is 312 g/mol. The minimum absolute atomic E-state index is 0.0387. The van der Waals surface area contributed by atoms with Crippen molar-refractivity contribution in [3.05, 3.63) is 100 Å². The maximum absolute atomic E-state index is 12.6. The minimum Gasteiger partial charge on any atom is -0.507 e. The smallest absolute Gasteiger partial charge is 0.257 e. The molecule has 0 spiro atoms. The first kappa shape index (κ1) is 16.7. The van der Waals surface area contributed by atoms with Gasteiger partial charge in [0.2, 0.25) is 0 Å². The van der Waals surface area contributed by atoms with Crippen LogP contribution >= 0.6 is 0 Å². The highest BCUT2D eigenvalue weighted by molar-refractivity contribution is 5.49. The lowest BCUT2D eigenvalue weighted by molar-refractivity contribution is 0.463. The zero-order valence-corrected chi connectivity index (χ0v) is 13.9. The van der Waals surface area contributed by atoms with Gasteiger partial charge in [0.15, 0.2) is 0 Å². The largest absolute Gasteiger partial charge is 0.507 e. The number of allylic oxidation sites excluding steroid dienone is 1. The van der Waals surface area contributed by atoms with Gasteiger partial charge in [-0.1, -0.05) is 48.6 Å². The van der Waals surface area contributed by atoms with Crippen molar-refractivity contribution in [2.75, 3.05) is 0 Å². The quantitative estimate of drug-likeness (QED) is 0.752. The fourth-order valence-corrected chi connectivity index (χ4v) is 2.64. The summed E-state index contributed by atoms with van der Waals surface area (Å²) in [6.45, 7) is 0.533. The SMILES string of the molecule is O=c1c(CC=Cc2ccccc2)c(O)ccn1CCc1ccccn1. The van der Waals surface area contributed by atoms with Crippen LogP contribution in [0.15, 0.2) is 77.9 Å². The first-order valence-electron chi connectivity index (χ1n) is 8.27. The van der Waals surface area contributed by atoms with Gasteiger partial charge in [0.25, 0.3) is 5.56 Å². The minimum atomic E-state index is -0.159. The highest BCUT2D eigenvalue weighted by atomic mass is 16.3. The maximum atomic E-state index is 12.6. The zero-order chi connectivity index (χ0) is 17.5. The van der Waals surface area contributed by atoms with Gasteiger partial charge in [-0.15, -0.1) is 0 Å². The van der Waals surface area contributed by atoms with Crippen molar-refractivity contribution in [1.29, 1.82) is 0 Å². The third kappa shape index (κ3) is 4.44. The summed E-state index contributed by atoms with van der Waals surface area (Å²) < 4.78 is 1.63. The number of aromatic nitrogens is 2. The van der Waals surface area contributed by atoms with Gasteiger partial charge in [-0.2, -0.15) is 0 Å². The summed E-state index contributed by atoms with van der Waals surface area (Å²) in [7, 11) is 0. The Morgan fingerprint density at radius 1 is 1.04 bits per heavy atom. The number of aryl methyl sites for hydroxylation is 2. The Morgan fingerprint density at radius 2 is 1.84 bits per heavy atom. The number of nitrogens with zero attached hydrogens (tertiary/aromatic N) is 2. The molecule has 0 bridgehead atoms. The Balaban J connectivity index is 1.73. The van der Waals surface area contributed by atoms with Crippen LogP contribution in [0.5, 0.6) is 5.75 Å². The van der Waals surface area contributed by atoms with Crippen LogP contribution in [0.3, 0.4) is 0 Å². The van der Waals surface area contributed by atoms with E-state index in [1.165, 1.54) is 0 Å². The van der Waals surface area contributed by atoms with Crippen LogP contribution in [-0.2, 0) is 19.4 Å². The van der Waals surface area contributed by atoms with E-state index in [4.69, 9.17) is 0 Å². The van der Waals surface area contributed by atoms with Crippen LogP contribution in [0.25, 0.3) is 6.08 Å². The molecular formula is C21H20N2O2. The molecule has 0 unspecified atom stereocenters. The zero-order valence-electron chi connectivity index (χ0n) is 13.9. The van der Waals surface area contributed by atoms with E-state index in [-0.39, 0.29) is 11.3 Å². The Hall–Kier alpha value is -3.14. The second kappa shape index (κ2) is 8.11. The molecule has 126 valence electrons. The van der Waals surface area contributed by atoms with Crippen molar-refractivity contribution in [3.8, 4) is 5.75 Å². The van der Waals surface area contributed by atoms with E-state index in [2.05, 4.69) is 4.98 Å². The van der Waals surface area contributed by atoms with Crippen LogP contribution in [0.4, 0.5) is 0 Å². The fraction of sp³-hybridized carbons (Fsp3) is 0.143. The van der Waals surface area contributed by atoms with Gasteiger partial charge in [0, 0.05) is 31.1 Å². The summed E-state index contributed by atoms with van der Waals surface area (Å²) in [5.74, 6) is 0.0387. The molecule has 3 aromatic rings. The van der Waals surface area contributed by atoms with E-state index in [0.717, 1.165) is 11.3 Å². The number of benzene rings is 1. The van der Waals surface area contributed by atoms with Crippen molar-refractivity contribution >= 4 is 6.08 Å². The van der Waals surface area contributed by atoms with Gasteiger partial charge >= 0.3 is 0 Å². The van der Waals surface area contributed by atoms with Crippen LogP contribution in [0, 0.1) is 0 Å². The average molecular weight is 332 g/mol. The van der Waals surface area contributed by atoms with Crippen molar-refractivity contribution < 1.29 is 5.11 Å². The molecule has 3 rings (SSSR count). The fourth-order valence-electron chi connectivity index (χ4n) is 2.64. The molecule has 0 atom stereocenters. The van der Waals surface area contributed by atoms with Crippen molar-refractivity contribution in [1.82, 2.24) is 9.55 Å². The lowest BCUT2D eigenvalue weighted by Gasteiger charge is -2.09. The lowest BCUT2D eigenvalue weighted by atomic mass is 10.1. The molecule has 4 nitrogen and oxygen atoms in total. The van der Waals surface area contributed by atoms with Crippen molar-refractivity contribution in [2.45, 2.75) is 19.4 Å². The van der Waals surface area contributed by atoms with E-state index < -0.39 is 0 Å². The Morgan fingerprint density at radius 3 is 2.60 bits per heavy atom. The average Bonchev–Trinajstić information content (AvgIpc) is 2.65. The molecule has 4 heteroatoms. The Kier molecular flexibility index (Phi) is 5.42. The molecule has 1 N–H and O–H groups in total. The first-order chi connectivity index (χ1) is 12.2. The summed E-state index contributed by atoms with van der Waals surface area (Å²) in [6, 6.07) is 17.2. The molecule has 0 radical (unpaired) electrons. The number of rotatable bonds is 6. The van der Waals surface area contributed by atoms with Gasteiger partial charge in [-0.3, -0.25) is 9.78 Å². The number of hydrogen-bond donors (Lipinski definition) is 1. The van der Waals surface area contributed by atoms with Crippen LogP contribution < -0.4 is 5.56 Å². The number of hydrogen-bond acceptors (Lipinski definition) is 3. The predicted octanol–water partition coefficient (Wildman–Crippen LogP) is 3.45. The molecule has 25 heavy (non-hydrogen) atoms. The van der Waals surface area contributed by atoms with Crippen molar-refractivity contribution in [3.63, 3.8) is 0 Å². The molecule has 0 aliphatic heterocycles. The monoisotopic (exact) mass is 332 g/mol. The summed E-state index contributed by atoms with van der Waals surface area (Å²) in [4.78, 5) is 16.9. The summed E-state index contributed by atoms with van der Waals surface area (Å²) >= 11 is 0. The standard InChI is InChI=1S/C21H20N2O2/c24-20-13-16-23(15-12-18-10-4-5-14-22-18)21(25)19(20)11-6-9-17-7-2-1-3-8-17/h1-10,13-14,16,24H,11-12,15H2. The van der Waals surface area contributed by atoms with Crippen LogP contribution in [0.2, 0.25) is 0 Å². The lowest BCUT2D eigenvalue weighted by Crippen LogP contribution is -2.24. The molecule has 0 fully saturated rings. The van der Waals surface area contributed by atoms with E-state index >= 15 is 0 Å². The highest BCUT2D eigenvalue weighted by Crippen LogP contribution is 2.14. The molecule has 0 aliphatic carbocycles.